The normalized spacial score (nSPS) is 29.7. The first-order chi connectivity index (χ1) is 8.13. The maximum absolute atomic E-state index is 11.9. The molecule has 0 spiro atoms. The summed E-state index contributed by atoms with van der Waals surface area (Å²) in [6, 6.07) is 0.239. The zero-order chi connectivity index (χ0) is 12.4. The molecule has 0 aromatic carbocycles. The first-order valence-corrected chi connectivity index (χ1v) is 6.41. The molecule has 2 fully saturated rings. The molecule has 0 saturated carbocycles. The van der Waals surface area contributed by atoms with Crippen molar-refractivity contribution < 1.29 is 9.59 Å². The van der Waals surface area contributed by atoms with Gasteiger partial charge in [0.15, 0.2) is 0 Å². The van der Waals surface area contributed by atoms with Crippen molar-refractivity contribution >= 4 is 11.8 Å². The smallest absolute Gasteiger partial charge is 0.246 e. The fraction of sp³-hybridized carbons (Fsp3) is 0.833. The second kappa shape index (κ2) is 5.14. The molecule has 0 aromatic heterocycles. The van der Waals surface area contributed by atoms with Crippen LogP contribution in [0.5, 0.6) is 0 Å². The molecule has 2 unspecified atom stereocenters. The van der Waals surface area contributed by atoms with Crippen LogP contribution < -0.4 is 5.32 Å². The maximum Gasteiger partial charge on any atom is 0.246 e. The van der Waals surface area contributed by atoms with E-state index < -0.39 is 0 Å². The number of imide groups is 1. The van der Waals surface area contributed by atoms with E-state index in [-0.39, 0.29) is 17.9 Å². The summed E-state index contributed by atoms with van der Waals surface area (Å²) in [5, 5.41) is 3.43. The van der Waals surface area contributed by atoms with Crippen LogP contribution in [0.4, 0.5) is 0 Å². The summed E-state index contributed by atoms with van der Waals surface area (Å²) in [5.74, 6) is -0.104. The summed E-state index contributed by atoms with van der Waals surface area (Å²) in [5.41, 5.74) is 0. The lowest BCUT2D eigenvalue weighted by Gasteiger charge is -2.28. The van der Waals surface area contributed by atoms with E-state index >= 15 is 0 Å². The van der Waals surface area contributed by atoms with Crippen molar-refractivity contribution in [3.63, 3.8) is 0 Å². The maximum atomic E-state index is 11.9. The van der Waals surface area contributed by atoms with Crippen molar-refractivity contribution in [1.29, 1.82) is 0 Å². The highest BCUT2D eigenvalue weighted by atomic mass is 16.2. The molecule has 5 heteroatoms. The van der Waals surface area contributed by atoms with E-state index in [1.54, 1.807) is 7.05 Å². The molecule has 2 atom stereocenters. The van der Waals surface area contributed by atoms with Gasteiger partial charge >= 0.3 is 0 Å². The highest BCUT2D eigenvalue weighted by Crippen LogP contribution is 2.18. The average molecular weight is 239 g/mol. The predicted molar refractivity (Wildman–Crippen MR) is 64.5 cm³/mol. The Kier molecular flexibility index (Phi) is 3.79. The number of rotatable bonds is 4. The monoisotopic (exact) mass is 239 g/mol. The summed E-state index contributed by atoms with van der Waals surface area (Å²) >= 11 is 0. The van der Waals surface area contributed by atoms with Gasteiger partial charge in [-0.25, -0.2) is 0 Å². The zero-order valence-electron chi connectivity index (χ0n) is 10.6. The lowest BCUT2D eigenvalue weighted by molar-refractivity contribution is -0.138. The van der Waals surface area contributed by atoms with E-state index in [9.17, 15) is 9.59 Å². The van der Waals surface area contributed by atoms with Gasteiger partial charge in [0.05, 0.1) is 12.5 Å². The van der Waals surface area contributed by atoms with Gasteiger partial charge in [0.1, 0.15) is 0 Å². The second-order valence-electron chi connectivity index (χ2n) is 4.89. The Hall–Kier alpha value is -0.940. The van der Waals surface area contributed by atoms with Gasteiger partial charge in [0.25, 0.3) is 0 Å². The molecule has 0 bridgehead atoms. The van der Waals surface area contributed by atoms with E-state index in [1.165, 1.54) is 17.7 Å². The minimum absolute atomic E-state index is 0.0464. The quantitative estimate of drug-likeness (QED) is 0.691. The molecular formula is C12H21N3O2. The lowest BCUT2D eigenvalue weighted by atomic mass is 10.1. The van der Waals surface area contributed by atoms with Crippen molar-refractivity contribution in [1.82, 2.24) is 15.1 Å². The first-order valence-electron chi connectivity index (χ1n) is 6.41. The Morgan fingerprint density at radius 3 is 2.71 bits per heavy atom. The SMILES string of the molecule is CCN(CC1CCCN1)C1CC(=O)N(C)C1=O. The number of nitrogens with zero attached hydrogens (tertiary/aromatic N) is 2. The van der Waals surface area contributed by atoms with Gasteiger partial charge in [-0.15, -0.1) is 0 Å². The van der Waals surface area contributed by atoms with Crippen molar-refractivity contribution in [3.8, 4) is 0 Å². The standard InChI is InChI=1S/C12H21N3O2/c1-3-15(8-9-5-4-6-13-9)10-7-11(16)14(2)12(10)17/h9-10,13H,3-8H2,1-2H3. The van der Waals surface area contributed by atoms with Gasteiger partial charge in [0.2, 0.25) is 11.8 Å². The molecule has 0 radical (unpaired) electrons. The Balaban J connectivity index is 1.98. The molecule has 5 nitrogen and oxygen atoms in total. The van der Waals surface area contributed by atoms with Gasteiger partial charge in [-0.05, 0) is 25.9 Å². The predicted octanol–water partition coefficient (Wildman–Crippen LogP) is -0.182. The zero-order valence-corrected chi connectivity index (χ0v) is 10.6. The van der Waals surface area contributed by atoms with Gasteiger partial charge in [0, 0.05) is 19.6 Å². The number of carbonyl (C=O) groups excluding carboxylic acids is 2. The molecule has 2 rings (SSSR count). The third-order valence-corrected chi connectivity index (χ3v) is 3.82. The Morgan fingerprint density at radius 1 is 1.47 bits per heavy atom. The molecular weight excluding hydrogens is 218 g/mol. The van der Waals surface area contributed by atoms with Crippen molar-refractivity contribution in [2.45, 2.75) is 38.3 Å². The van der Waals surface area contributed by atoms with Gasteiger partial charge in [-0.3, -0.25) is 19.4 Å². The van der Waals surface area contributed by atoms with E-state index in [2.05, 4.69) is 10.2 Å². The van der Waals surface area contributed by atoms with Crippen molar-refractivity contribution in [2.75, 3.05) is 26.7 Å². The number of likely N-dealkylation sites (N-methyl/N-ethyl adjacent to an activating group) is 2. The van der Waals surface area contributed by atoms with Gasteiger partial charge in [-0.2, -0.15) is 0 Å². The molecule has 96 valence electrons. The number of hydrogen-bond acceptors (Lipinski definition) is 4. The molecule has 2 aliphatic rings. The number of nitrogens with one attached hydrogen (secondary N) is 1. The van der Waals surface area contributed by atoms with Crippen molar-refractivity contribution in [3.05, 3.63) is 0 Å². The first kappa shape index (κ1) is 12.5. The van der Waals surface area contributed by atoms with Crippen LogP contribution in [-0.2, 0) is 9.59 Å². The Morgan fingerprint density at radius 2 is 2.24 bits per heavy atom. The van der Waals surface area contributed by atoms with Crippen LogP contribution in [0.1, 0.15) is 26.2 Å². The molecule has 0 aromatic rings. The number of carbonyl (C=O) groups is 2. The topological polar surface area (TPSA) is 52.7 Å². The van der Waals surface area contributed by atoms with E-state index in [1.807, 2.05) is 6.92 Å². The highest BCUT2D eigenvalue weighted by Gasteiger charge is 2.39. The van der Waals surface area contributed by atoms with E-state index in [0.717, 1.165) is 19.6 Å². The number of likely N-dealkylation sites (tertiary alicyclic amines) is 1. The minimum Gasteiger partial charge on any atom is -0.313 e. The fourth-order valence-electron chi connectivity index (χ4n) is 2.69. The third-order valence-electron chi connectivity index (χ3n) is 3.82. The summed E-state index contributed by atoms with van der Waals surface area (Å²) in [4.78, 5) is 26.8. The highest BCUT2D eigenvalue weighted by molar-refractivity contribution is 6.05. The number of amides is 2. The molecule has 2 saturated heterocycles. The minimum atomic E-state index is -0.236. The van der Waals surface area contributed by atoms with Crippen LogP contribution in [0.15, 0.2) is 0 Å². The van der Waals surface area contributed by atoms with Crippen LogP contribution in [0.2, 0.25) is 0 Å². The summed E-state index contributed by atoms with van der Waals surface area (Å²) in [7, 11) is 1.58. The molecule has 0 aliphatic carbocycles. The summed E-state index contributed by atoms with van der Waals surface area (Å²) in [6.45, 7) is 4.80. The van der Waals surface area contributed by atoms with Crippen LogP contribution in [0, 0.1) is 0 Å². The third kappa shape index (κ3) is 2.50. The average Bonchev–Trinajstić information content (AvgIpc) is 2.91. The largest absolute Gasteiger partial charge is 0.313 e. The Bertz CT molecular complexity index is 313. The summed E-state index contributed by atoms with van der Waals surface area (Å²) in [6.07, 6.45) is 2.72. The molecule has 1 N–H and O–H groups in total. The second-order valence-corrected chi connectivity index (χ2v) is 4.89. The molecule has 17 heavy (non-hydrogen) atoms. The van der Waals surface area contributed by atoms with Crippen LogP contribution in [0.25, 0.3) is 0 Å². The lowest BCUT2D eigenvalue weighted by Crippen LogP contribution is -2.46. The molecule has 2 amide bonds. The van der Waals surface area contributed by atoms with Crippen molar-refractivity contribution in [2.24, 2.45) is 0 Å². The van der Waals surface area contributed by atoms with Gasteiger partial charge in [-0.1, -0.05) is 6.92 Å². The van der Waals surface area contributed by atoms with Crippen LogP contribution in [0.3, 0.4) is 0 Å². The Labute approximate surface area is 102 Å². The van der Waals surface area contributed by atoms with Crippen LogP contribution in [-0.4, -0.2) is 60.4 Å². The van der Waals surface area contributed by atoms with Gasteiger partial charge < -0.3 is 5.32 Å². The molecule has 2 heterocycles. The van der Waals surface area contributed by atoms with E-state index in [4.69, 9.17) is 0 Å². The number of hydrogen-bond donors (Lipinski definition) is 1. The van der Waals surface area contributed by atoms with Crippen LogP contribution >= 0.6 is 0 Å². The molecule has 2 aliphatic heterocycles. The summed E-state index contributed by atoms with van der Waals surface area (Å²) < 4.78 is 0. The fourth-order valence-corrected chi connectivity index (χ4v) is 2.69. The van der Waals surface area contributed by atoms with E-state index in [0.29, 0.717) is 12.5 Å².